The second kappa shape index (κ2) is 9.30. The number of aliphatic hydroxyl groups excluding tert-OH is 1. The minimum Gasteiger partial charge on any atom is -0.385 e. The van der Waals surface area contributed by atoms with Crippen LogP contribution in [0.15, 0.2) is 51.6 Å². The van der Waals surface area contributed by atoms with E-state index in [1.165, 1.54) is 20.7 Å². The Morgan fingerprint density at radius 1 is 1.33 bits per heavy atom. The highest BCUT2D eigenvalue weighted by molar-refractivity contribution is 7.99. The molecule has 0 aliphatic carbocycles. The monoisotopic (exact) mass is 529 g/mol. The van der Waals surface area contributed by atoms with E-state index in [1.807, 2.05) is 30.3 Å². The molecule has 5 atom stereocenters. The lowest BCUT2D eigenvalue weighted by atomic mass is 10.1. The highest BCUT2D eigenvalue weighted by Gasteiger charge is 2.55. The number of nitrogens with one attached hydrogen (secondary N) is 1. The molecule has 36 heavy (non-hydrogen) atoms. The normalized spacial score (nSPS) is 24.8. The SMILES string of the molecule is [N-]=[N+]=NCCSc1nc2c(=O)n3cc(-c4ccccc4)[nH]c3nc2n1[C@@H]1OC2CO[P+](=O)O[C@H]2[C@@H]1O. The average Bonchev–Trinajstić information content (AvgIpc) is 3.57. The maximum atomic E-state index is 13.4. The number of ether oxygens (including phenoxy) is 1. The number of aromatic amines is 1. The molecule has 1 aromatic carbocycles. The van der Waals surface area contributed by atoms with E-state index in [1.54, 1.807) is 6.20 Å². The molecule has 2 aliphatic rings. The summed E-state index contributed by atoms with van der Waals surface area (Å²) >= 11 is 1.22. The maximum absolute atomic E-state index is 13.4. The Morgan fingerprint density at radius 3 is 2.97 bits per heavy atom. The summed E-state index contributed by atoms with van der Waals surface area (Å²) in [4.78, 5) is 28.5. The third-order valence-electron chi connectivity index (χ3n) is 5.91. The maximum Gasteiger partial charge on any atom is 0.697 e. The van der Waals surface area contributed by atoms with Gasteiger partial charge in [0.15, 0.2) is 28.7 Å². The van der Waals surface area contributed by atoms with Crippen LogP contribution in [0, 0.1) is 0 Å². The minimum absolute atomic E-state index is 0.0170. The van der Waals surface area contributed by atoms with Crippen molar-refractivity contribution in [2.75, 3.05) is 18.9 Å². The van der Waals surface area contributed by atoms with E-state index in [0.717, 1.165) is 5.56 Å². The number of fused-ring (bicyclic) bond motifs is 3. The number of H-pyrrole nitrogens is 1. The van der Waals surface area contributed by atoms with E-state index in [-0.39, 0.29) is 30.1 Å². The Hall–Kier alpha value is -3.29. The van der Waals surface area contributed by atoms with Crippen LogP contribution in [0.2, 0.25) is 0 Å². The molecule has 0 radical (unpaired) electrons. The lowest BCUT2D eigenvalue weighted by Gasteiger charge is -2.18. The van der Waals surface area contributed by atoms with Crippen molar-refractivity contribution >= 4 is 37.0 Å². The summed E-state index contributed by atoms with van der Waals surface area (Å²) in [7, 11) is -2.37. The van der Waals surface area contributed by atoms with E-state index < -0.39 is 38.4 Å². The lowest BCUT2D eigenvalue weighted by Crippen LogP contribution is -2.37. The van der Waals surface area contributed by atoms with Gasteiger partial charge in [-0.15, -0.1) is 9.05 Å². The quantitative estimate of drug-likeness (QED) is 0.0947. The minimum atomic E-state index is -2.37. The number of azide groups is 1. The standard InChI is InChI=1S/C20H17N8O6PS/c21-26-22-6-7-36-20-24-13-16(28(20)18-14(29)15-12(33-18)9-32-35(31)34-15)25-19-23-11(8-27(19)17(13)30)10-4-2-1-3-5-10/h1-5,8,12,14-15,18,29H,6-7,9H2/p+1/t12?,14-,15+,18+/m0/s1. The highest BCUT2D eigenvalue weighted by atomic mass is 32.2. The van der Waals surface area contributed by atoms with Crippen molar-refractivity contribution in [1.29, 1.82) is 0 Å². The van der Waals surface area contributed by atoms with Gasteiger partial charge in [0, 0.05) is 28.0 Å². The molecular formula is C20H18N8O6PS+. The Labute approximate surface area is 206 Å². The zero-order valence-corrected chi connectivity index (χ0v) is 20.1. The van der Waals surface area contributed by atoms with Crippen molar-refractivity contribution in [3.8, 4) is 11.3 Å². The first-order valence-electron chi connectivity index (χ1n) is 10.9. The van der Waals surface area contributed by atoms with Crippen LogP contribution < -0.4 is 5.56 Å². The summed E-state index contributed by atoms with van der Waals surface area (Å²) in [6, 6.07) is 9.49. The summed E-state index contributed by atoms with van der Waals surface area (Å²) in [6.07, 6.45) is -2.16. The van der Waals surface area contributed by atoms with Crippen LogP contribution in [0.25, 0.3) is 38.6 Å². The number of imidazole rings is 2. The average molecular weight is 529 g/mol. The zero-order valence-electron chi connectivity index (χ0n) is 18.4. The topological polar surface area (TPSA) is 182 Å². The van der Waals surface area contributed by atoms with Crippen molar-refractivity contribution in [1.82, 2.24) is 23.9 Å². The van der Waals surface area contributed by atoms with Crippen molar-refractivity contribution in [2.24, 2.45) is 5.11 Å². The fourth-order valence-corrected chi connectivity index (χ4v) is 5.92. The molecule has 6 rings (SSSR count). The number of aliphatic hydroxyl groups is 1. The molecule has 0 amide bonds. The number of rotatable bonds is 6. The van der Waals surface area contributed by atoms with Gasteiger partial charge in [0.2, 0.25) is 5.78 Å². The van der Waals surface area contributed by atoms with Gasteiger partial charge < -0.3 is 14.8 Å². The van der Waals surface area contributed by atoms with Crippen LogP contribution in [0.3, 0.4) is 0 Å². The third kappa shape index (κ3) is 3.87. The lowest BCUT2D eigenvalue weighted by molar-refractivity contribution is -0.0583. The molecule has 2 aliphatic heterocycles. The Balaban J connectivity index is 1.48. The first-order chi connectivity index (χ1) is 17.5. The smallest absolute Gasteiger partial charge is 0.385 e. The van der Waals surface area contributed by atoms with Crippen LogP contribution in [0.5, 0.6) is 0 Å². The van der Waals surface area contributed by atoms with E-state index in [0.29, 0.717) is 16.6 Å². The van der Waals surface area contributed by atoms with Gasteiger partial charge >= 0.3 is 8.25 Å². The van der Waals surface area contributed by atoms with Gasteiger partial charge in [0.1, 0.15) is 18.8 Å². The first-order valence-corrected chi connectivity index (χ1v) is 13.0. The largest absolute Gasteiger partial charge is 0.697 e. The van der Waals surface area contributed by atoms with E-state index in [2.05, 4.69) is 25.0 Å². The number of benzene rings is 1. The predicted molar refractivity (Wildman–Crippen MR) is 128 cm³/mol. The van der Waals surface area contributed by atoms with Gasteiger partial charge in [-0.2, -0.15) is 4.98 Å². The van der Waals surface area contributed by atoms with Gasteiger partial charge in [0.25, 0.3) is 5.56 Å². The summed E-state index contributed by atoms with van der Waals surface area (Å²) in [5, 5.41) is 14.9. The van der Waals surface area contributed by atoms with Crippen molar-refractivity contribution in [3.05, 3.63) is 57.3 Å². The van der Waals surface area contributed by atoms with E-state index in [9.17, 15) is 14.5 Å². The number of hydrogen-bond donors (Lipinski definition) is 2. The molecule has 3 aromatic heterocycles. The van der Waals surface area contributed by atoms with Gasteiger partial charge in [-0.05, 0) is 11.1 Å². The number of hydrogen-bond acceptors (Lipinski definition) is 10. The molecule has 0 saturated carbocycles. The van der Waals surface area contributed by atoms with Crippen LogP contribution in [0.1, 0.15) is 6.23 Å². The van der Waals surface area contributed by atoms with Crippen LogP contribution in [-0.4, -0.2) is 66.2 Å². The molecule has 184 valence electrons. The number of aromatic nitrogens is 5. The van der Waals surface area contributed by atoms with Gasteiger partial charge in [0.05, 0.1) is 5.69 Å². The van der Waals surface area contributed by atoms with Crippen LogP contribution in [0.4, 0.5) is 0 Å². The molecule has 2 saturated heterocycles. The van der Waals surface area contributed by atoms with Gasteiger partial charge in [-0.25, -0.2) is 9.38 Å². The molecule has 4 aromatic rings. The molecule has 0 bridgehead atoms. The molecule has 2 fully saturated rings. The number of nitrogens with zero attached hydrogens (tertiary/aromatic N) is 7. The van der Waals surface area contributed by atoms with Crippen molar-refractivity contribution < 1.29 is 23.5 Å². The molecule has 2 N–H and O–H groups in total. The molecule has 0 spiro atoms. The first kappa shape index (κ1) is 23.1. The van der Waals surface area contributed by atoms with E-state index in [4.69, 9.17) is 19.3 Å². The Bertz CT molecular complexity index is 1580. The second-order valence-electron chi connectivity index (χ2n) is 8.03. The summed E-state index contributed by atoms with van der Waals surface area (Å²) in [5.74, 6) is 0.650. The summed E-state index contributed by atoms with van der Waals surface area (Å²) in [6.45, 7) is 0.172. The molecule has 14 nitrogen and oxygen atoms in total. The van der Waals surface area contributed by atoms with Crippen LogP contribution in [-0.2, 0) is 18.3 Å². The second-order valence-corrected chi connectivity index (χ2v) is 10.0. The van der Waals surface area contributed by atoms with Crippen LogP contribution >= 0.6 is 20.0 Å². The van der Waals surface area contributed by atoms with Gasteiger partial charge in [-0.3, -0.25) is 9.36 Å². The predicted octanol–water partition coefficient (Wildman–Crippen LogP) is 2.77. The van der Waals surface area contributed by atoms with Crippen molar-refractivity contribution in [2.45, 2.75) is 29.7 Å². The molecule has 5 heterocycles. The summed E-state index contributed by atoms with van der Waals surface area (Å²) in [5.41, 5.74) is 10.0. The molecule has 16 heteroatoms. The zero-order chi connectivity index (χ0) is 24.8. The van der Waals surface area contributed by atoms with Crippen molar-refractivity contribution in [3.63, 3.8) is 0 Å². The Morgan fingerprint density at radius 2 is 2.17 bits per heavy atom. The Kier molecular flexibility index (Phi) is 5.97. The number of thioether (sulfide) groups is 1. The third-order valence-corrected chi connectivity index (χ3v) is 7.61. The molecular weight excluding hydrogens is 511 g/mol. The van der Waals surface area contributed by atoms with E-state index >= 15 is 0 Å². The fourth-order valence-electron chi connectivity index (χ4n) is 4.29. The molecule has 2 unspecified atom stereocenters. The summed E-state index contributed by atoms with van der Waals surface area (Å²) < 4.78 is 31.0. The van der Waals surface area contributed by atoms with Gasteiger partial charge in [-0.1, -0.05) is 47.2 Å². The highest BCUT2D eigenvalue weighted by Crippen LogP contribution is 2.44. The fraction of sp³-hybridized carbons (Fsp3) is 0.350.